The smallest absolute Gasteiger partial charge is 0.291 e. The maximum atomic E-state index is 13.5. The highest BCUT2D eigenvalue weighted by molar-refractivity contribution is 8.00. The molecule has 4 rings (SSSR count). The van der Waals surface area contributed by atoms with Crippen molar-refractivity contribution in [1.82, 2.24) is 10.5 Å². The van der Waals surface area contributed by atoms with E-state index in [9.17, 15) is 14.7 Å². The number of nitrogens with two attached hydrogens (primary N) is 1. The molecule has 0 radical (unpaired) electrons. The minimum atomic E-state index is -0.870. The van der Waals surface area contributed by atoms with Crippen LogP contribution in [0.15, 0.2) is 9.42 Å². The summed E-state index contributed by atoms with van der Waals surface area (Å²) in [6.45, 7) is 5.65. The minimum Gasteiger partial charge on any atom is -0.474 e. The Labute approximate surface area is 206 Å². The Balaban J connectivity index is 1.53. The van der Waals surface area contributed by atoms with E-state index in [1.165, 1.54) is 12.8 Å². The normalized spacial score (nSPS) is 29.7. The number of ether oxygens (including phenoxy) is 1. The van der Waals surface area contributed by atoms with Crippen LogP contribution >= 0.6 is 11.8 Å². The summed E-state index contributed by atoms with van der Waals surface area (Å²) in [6, 6.07) is 0.0105. The van der Waals surface area contributed by atoms with Gasteiger partial charge in [-0.05, 0) is 75.3 Å². The van der Waals surface area contributed by atoms with Gasteiger partial charge in [0.25, 0.3) is 11.8 Å². The fraction of sp³-hybridized carbons (Fsp3) is 0.800. The monoisotopic (exact) mass is 493 g/mol. The van der Waals surface area contributed by atoms with E-state index >= 15 is 0 Å². The van der Waals surface area contributed by atoms with Crippen LogP contribution in [0, 0.1) is 23.2 Å². The number of aliphatic hydroxyl groups is 1. The fourth-order valence-corrected chi connectivity index (χ4v) is 7.21. The molecular weight excluding hydrogens is 454 g/mol. The third-order valence-corrected chi connectivity index (χ3v) is 9.34. The van der Waals surface area contributed by atoms with Gasteiger partial charge in [-0.3, -0.25) is 9.59 Å². The number of aromatic nitrogens is 1. The fourth-order valence-electron chi connectivity index (χ4n) is 5.87. The first kappa shape index (κ1) is 25.4. The van der Waals surface area contributed by atoms with Gasteiger partial charge in [0.1, 0.15) is 11.5 Å². The number of aliphatic hydroxyl groups excluding tert-OH is 1. The van der Waals surface area contributed by atoms with Crippen LogP contribution in [-0.4, -0.2) is 46.1 Å². The summed E-state index contributed by atoms with van der Waals surface area (Å²) in [7, 11) is 0. The zero-order chi connectivity index (χ0) is 24.5. The number of thioether (sulfide) groups is 1. The van der Waals surface area contributed by atoms with E-state index in [1.54, 1.807) is 25.6 Å². The van der Waals surface area contributed by atoms with Crippen molar-refractivity contribution in [3.8, 4) is 5.88 Å². The van der Waals surface area contributed by atoms with E-state index in [4.69, 9.17) is 15.0 Å². The van der Waals surface area contributed by atoms with E-state index in [0.29, 0.717) is 22.0 Å². The van der Waals surface area contributed by atoms with Crippen molar-refractivity contribution in [2.24, 2.45) is 28.9 Å². The first-order valence-corrected chi connectivity index (χ1v) is 13.6. The van der Waals surface area contributed by atoms with Crippen LogP contribution in [0.1, 0.15) is 89.1 Å². The largest absolute Gasteiger partial charge is 0.474 e. The van der Waals surface area contributed by atoms with Crippen LogP contribution in [0.4, 0.5) is 0 Å². The van der Waals surface area contributed by atoms with E-state index in [0.717, 1.165) is 44.9 Å². The van der Waals surface area contributed by atoms with Crippen LogP contribution < -0.4 is 15.8 Å². The molecule has 2 bridgehead atoms. The van der Waals surface area contributed by atoms with Crippen molar-refractivity contribution >= 4 is 23.6 Å². The van der Waals surface area contributed by atoms with Crippen molar-refractivity contribution in [3.05, 3.63) is 5.76 Å². The average molecular weight is 494 g/mol. The SMILES string of the molecule is CCC1CC2CC(C[C@@H](O)C2)[C@@H]1NC(=O)c1onc(OCC(C)(C)C(N)=O)c1SC1CCCC1. The van der Waals surface area contributed by atoms with Gasteiger partial charge in [0.05, 0.1) is 11.5 Å². The first-order chi connectivity index (χ1) is 16.2. The van der Waals surface area contributed by atoms with E-state index in [-0.39, 0.29) is 42.2 Å². The second kappa shape index (κ2) is 10.5. The Morgan fingerprint density at radius 1 is 1.24 bits per heavy atom. The summed E-state index contributed by atoms with van der Waals surface area (Å²) in [5.41, 5.74) is 4.62. The lowest BCUT2D eigenvalue weighted by molar-refractivity contribution is -0.127. The topological polar surface area (TPSA) is 128 Å². The number of primary amides is 1. The highest BCUT2D eigenvalue weighted by Gasteiger charge is 2.43. The van der Waals surface area contributed by atoms with Gasteiger partial charge >= 0.3 is 0 Å². The number of hydrogen-bond acceptors (Lipinski definition) is 7. The van der Waals surface area contributed by atoms with Gasteiger partial charge in [-0.15, -0.1) is 11.8 Å². The van der Waals surface area contributed by atoms with Crippen LogP contribution in [-0.2, 0) is 4.79 Å². The molecular formula is C25H39N3O5S. The van der Waals surface area contributed by atoms with Crippen molar-refractivity contribution < 1.29 is 24.0 Å². The molecule has 4 N–H and O–H groups in total. The van der Waals surface area contributed by atoms with Gasteiger partial charge in [-0.2, -0.15) is 0 Å². The molecule has 1 aromatic rings. The Hall–Kier alpha value is -1.74. The molecule has 0 spiro atoms. The highest BCUT2D eigenvalue weighted by atomic mass is 32.2. The lowest BCUT2D eigenvalue weighted by Gasteiger charge is -2.46. The molecule has 1 aromatic heterocycles. The Bertz CT molecular complexity index is 880. The molecule has 3 aliphatic rings. The van der Waals surface area contributed by atoms with Crippen molar-refractivity contribution in [2.45, 2.75) is 101 Å². The highest BCUT2D eigenvalue weighted by Crippen LogP contribution is 2.45. The molecule has 190 valence electrons. The number of rotatable bonds is 9. The van der Waals surface area contributed by atoms with E-state index < -0.39 is 11.3 Å². The second-order valence-electron chi connectivity index (χ2n) is 11.1. The molecule has 1 heterocycles. The molecule has 34 heavy (non-hydrogen) atoms. The van der Waals surface area contributed by atoms with Crippen molar-refractivity contribution in [1.29, 1.82) is 0 Å². The van der Waals surface area contributed by atoms with Crippen molar-refractivity contribution in [3.63, 3.8) is 0 Å². The lowest BCUT2D eigenvalue weighted by atomic mass is 9.64. The zero-order valence-electron chi connectivity index (χ0n) is 20.5. The number of hydrogen-bond donors (Lipinski definition) is 3. The molecule has 0 aliphatic heterocycles. The first-order valence-electron chi connectivity index (χ1n) is 12.8. The summed E-state index contributed by atoms with van der Waals surface area (Å²) >= 11 is 1.59. The maximum absolute atomic E-state index is 13.5. The Morgan fingerprint density at radius 2 is 1.97 bits per heavy atom. The molecule has 3 saturated carbocycles. The summed E-state index contributed by atoms with van der Waals surface area (Å²) in [5, 5.41) is 18.0. The molecule has 3 fully saturated rings. The zero-order valence-corrected chi connectivity index (χ0v) is 21.4. The van der Waals surface area contributed by atoms with E-state index in [2.05, 4.69) is 17.4 Å². The average Bonchev–Trinajstić information content (AvgIpc) is 3.44. The van der Waals surface area contributed by atoms with Crippen molar-refractivity contribution in [2.75, 3.05) is 6.61 Å². The van der Waals surface area contributed by atoms with Gasteiger partial charge in [-0.1, -0.05) is 26.2 Å². The van der Waals surface area contributed by atoms with Crippen LogP contribution in [0.25, 0.3) is 0 Å². The second-order valence-corrected chi connectivity index (χ2v) is 12.4. The third kappa shape index (κ3) is 5.56. The predicted molar refractivity (Wildman–Crippen MR) is 130 cm³/mol. The molecule has 3 aliphatic carbocycles. The quantitative estimate of drug-likeness (QED) is 0.476. The van der Waals surface area contributed by atoms with E-state index in [1.807, 2.05) is 0 Å². The number of nitrogens with zero attached hydrogens (tertiary/aromatic N) is 1. The van der Waals surface area contributed by atoms with Gasteiger partial charge in [-0.25, -0.2) is 0 Å². The number of carbonyl (C=O) groups is 2. The molecule has 8 nitrogen and oxygen atoms in total. The van der Waals surface area contributed by atoms with Gasteiger partial charge in [0.15, 0.2) is 0 Å². The molecule has 3 unspecified atom stereocenters. The predicted octanol–water partition coefficient (Wildman–Crippen LogP) is 3.91. The molecule has 2 amide bonds. The number of fused-ring (bicyclic) bond motifs is 2. The summed E-state index contributed by atoms with van der Waals surface area (Å²) < 4.78 is 11.4. The summed E-state index contributed by atoms with van der Waals surface area (Å²) in [5.74, 6) is 0.892. The standard InChI is InChI=1S/C25H39N3O5S/c1-4-15-9-14-10-16(12-17(29)11-14)19(15)27-22(30)20-21(34-18-7-5-6-8-18)23(28-33-20)32-13-25(2,3)24(26)31/h14-19,29H,4-13H2,1-3H3,(H2,26,31)(H,27,30)/t14?,15?,16?,17-,19+/m0/s1. The Kier molecular flexibility index (Phi) is 7.82. The molecule has 5 atom stereocenters. The maximum Gasteiger partial charge on any atom is 0.291 e. The number of amides is 2. The van der Waals surface area contributed by atoms with Gasteiger partial charge in [0.2, 0.25) is 11.7 Å². The minimum absolute atomic E-state index is 0.0105. The summed E-state index contributed by atoms with van der Waals surface area (Å²) in [6.07, 6.45) is 8.88. The molecule has 0 saturated heterocycles. The third-order valence-electron chi connectivity index (χ3n) is 7.94. The number of nitrogens with one attached hydrogen (secondary N) is 1. The molecule has 9 heteroatoms. The van der Waals surface area contributed by atoms with Gasteiger partial charge in [0, 0.05) is 11.3 Å². The van der Waals surface area contributed by atoms with Gasteiger partial charge < -0.3 is 25.4 Å². The Morgan fingerprint density at radius 3 is 2.65 bits per heavy atom. The van der Waals surface area contributed by atoms with Crippen LogP contribution in [0.2, 0.25) is 0 Å². The number of carbonyl (C=O) groups excluding carboxylic acids is 2. The van der Waals surface area contributed by atoms with Crippen LogP contribution in [0.5, 0.6) is 5.88 Å². The van der Waals surface area contributed by atoms with Crippen LogP contribution in [0.3, 0.4) is 0 Å². The summed E-state index contributed by atoms with van der Waals surface area (Å²) in [4.78, 5) is 25.8. The molecule has 0 aromatic carbocycles. The lowest BCUT2D eigenvalue weighted by Crippen LogP contribution is -2.52.